The Kier molecular flexibility index (Phi) is 11.5. The predicted molar refractivity (Wildman–Crippen MR) is 141 cm³/mol. The zero-order chi connectivity index (χ0) is 27.4. The van der Waals surface area contributed by atoms with Crippen molar-refractivity contribution in [2.75, 3.05) is 13.7 Å². The van der Waals surface area contributed by atoms with Crippen molar-refractivity contribution in [3.63, 3.8) is 0 Å². The average molecular weight is 536 g/mol. The fourth-order valence-electron chi connectivity index (χ4n) is 4.44. The number of fused-ring (bicyclic) bond motifs is 1. The molecule has 2 atom stereocenters. The summed E-state index contributed by atoms with van der Waals surface area (Å²) in [4.78, 5) is 0. The Morgan fingerprint density at radius 1 is 1.03 bits per heavy atom. The van der Waals surface area contributed by atoms with Gasteiger partial charge in [0, 0.05) is 36.2 Å². The van der Waals surface area contributed by atoms with Gasteiger partial charge in [0.15, 0.2) is 0 Å². The van der Waals surface area contributed by atoms with Crippen LogP contribution in [0.15, 0.2) is 60.9 Å². The van der Waals surface area contributed by atoms with E-state index in [0.717, 1.165) is 49.7 Å². The first-order valence-electron chi connectivity index (χ1n) is 13.2. The summed E-state index contributed by atoms with van der Waals surface area (Å²) in [6.45, 7) is 3.05. The molecule has 0 radical (unpaired) electrons. The van der Waals surface area contributed by atoms with E-state index >= 15 is 0 Å². The van der Waals surface area contributed by atoms with E-state index in [9.17, 15) is 17.6 Å². The molecule has 0 amide bonds. The molecule has 4 nitrogen and oxygen atoms in total. The van der Waals surface area contributed by atoms with Crippen LogP contribution in [0.4, 0.5) is 17.6 Å². The van der Waals surface area contributed by atoms with E-state index in [-0.39, 0.29) is 24.3 Å². The highest BCUT2D eigenvalue weighted by Crippen LogP contribution is 2.39. The van der Waals surface area contributed by atoms with Crippen molar-refractivity contribution in [2.45, 2.75) is 76.7 Å². The highest BCUT2D eigenvalue weighted by molar-refractivity contribution is 5.44. The predicted octanol–water partition coefficient (Wildman–Crippen LogP) is 8.28. The normalized spacial score (nSPS) is 18.1. The molecule has 0 spiro atoms. The summed E-state index contributed by atoms with van der Waals surface area (Å²) in [5, 5.41) is 3.33. The van der Waals surface area contributed by atoms with E-state index in [4.69, 9.17) is 14.2 Å². The Bertz CT molecular complexity index is 1060. The fourth-order valence-corrected chi connectivity index (χ4v) is 4.44. The highest BCUT2D eigenvalue weighted by atomic mass is 19.4. The van der Waals surface area contributed by atoms with Crippen LogP contribution >= 0.6 is 0 Å². The zero-order valence-electron chi connectivity index (χ0n) is 22.0. The van der Waals surface area contributed by atoms with Gasteiger partial charge in [-0.3, -0.25) is 0 Å². The van der Waals surface area contributed by atoms with E-state index in [1.807, 2.05) is 36.4 Å². The standard InChI is InChI=1S/C25H31F4NO2.C5H6O/c1-3-4-5-6-7-8-20-14-23(21-12-11-19(31-2)15-24(21)32-20)30-16-17-9-10-18(13-22(17)26)25(27,28)29;1-2-4-6-5-3-1/h9-13,15,20,23,30H,3-8,14,16H2,1-2H3;1-4H,5H2. The number of unbranched alkanes of at least 4 members (excludes halogenated alkanes) is 4. The number of hydrogen-bond donors (Lipinski definition) is 1. The summed E-state index contributed by atoms with van der Waals surface area (Å²) in [5.74, 6) is 0.571. The lowest BCUT2D eigenvalue weighted by Gasteiger charge is -2.33. The summed E-state index contributed by atoms with van der Waals surface area (Å²) in [6.07, 6.45) is 10.4. The minimum atomic E-state index is -4.56. The second-order valence-corrected chi connectivity index (χ2v) is 9.41. The maximum absolute atomic E-state index is 14.3. The zero-order valence-corrected chi connectivity index (χ0v) is 22.0. The highest BCUT2D eigenvalue weighted by Gasteiger charge is 2.32. The van der Waals surface area contributed by atoms with Crippen LogP contribution in [0.25, 0.3) is 0 Å². The first kappa shape index (κ1) is 29.6. The topological polar surface area (TPSA) is 39.7 Å². The number of halogens is 4. The molecule has 2 aliphatic rings. The van der Waals surface area contributed by atoms with Crippen molar-refractivity contribution in [1.29, 1.82) is 0 Å². The molecule has 1 N–H and O–H groups in total. The van der Waals surface area contributed by atoms with Crippen molar-refractivity contribution >= 4 is 0 Å². The summed E-state index contributed by atoms with van der Waals surface area (Å²) in [7, 11) is 1.60. The molecule has 0 fully saturated rings. The van der Waals surface area contributed by atoms with Crippen LogP contribution in [-0.2, 0) is 17.5 Å². The van der Waals surface area contributed by atoms with Gasteiger partial charge in [-0.15, -0.1) is 0 Å². The summed E-state index contributed by atoms with van der Waals surface area (Å²) in [5.41, 5.74) is 0.168. The Morgan fingerprint density at radius 2 is 1.84 bits per heavy atom. The van der Waals surface area contributed by atoms with Crippen molar-refractivity contribution in [2.24, 2.45) is 0 Å². The molecular formula is C30H37F4NO3. The first-order valence-corrected chi connectivity index (χ1v) is 13.2. The van der Waals surface area contributed by atoms with Gasteiger partial charge in [-0.25, -0.2) is 4.39 Å². The van der Waals surface area contributed by atoms with Crippen molar-refractivity contribution in [3.05, 3.63) is 83.4 Å². The molecule has 0 saturated heterocycles. The third-order valence-electron chi connectivity index (χ3n) is 6.55. The number of rotatable bonds is 10. The fraction of sp³-hybridized carbons (Fsp3) is 0.467. The summed E-state index contributed by atoms with van der Waals surface area (Å²) in [6, 6.07) is 8.21. The number of allylic oxidation sites excluding steroid dienone is 2. The van der Waals surface area contributed by atoms with E-state index in [1.165, 1.54) is 25.3 Å². The molecule has 208 valence electrons. The number of nitrogens with one attached hydrogen (secondary N) is 1. The van der Waals surface area contributed by atoms with Crippen molar-refractivity contribution < 1.29 is 31.8 Å². The monoisotopic (exact) mass is 535 g/mol. The average Bonchev–Trinajstić information content (AvgIpc) is 2.92. The minimum absolute atomic E-state index is 0.0196. The lowest BCUT2D eigenvalue weighted by molar-refractivity contribution is -0.137. The van der Waals surface area contributed by atoms with Crippen LogP contribution in [0.2, 0.25) is 0 Å². The first-order chi connectivity index (χ1) is 18.3. The molecule has 0 bridgehead atoms. The maximum atomic E-state index is 14.3. The molecule has 2 heterocycles. The van der Waals surface area contributed by atoms with Crippen LogP contribution in [0.1, 0.15) is 74.6 Å². The number of alkyl halides is 3. The van der Waals surface area contributed by atoms with Crippen molar-refractivity contribution in [1.82, 2.24) is 5.32 Å². The van der Waals surface area contributed by atoms with E-state index in [2.05, 4.69) is 12.2 Å². The molecular weight excluding hydrogens is 498 g/mol. The second kappa shape index (κ2) is 14.8. The van der Waals surface area contributed by atoms with Gasteiger partial charge in [0.2, 0.25) is 0 Å². The second-order valence-electron chi connectivity index (χ2n) is 9.41. The lowest BCUT2D eigenvalue weighted by atomic mass is 9.93. The largest absolute Gasteiger partial charge is 0.497 e. The van der Waals surface area contributed by atoms with Gasteiger partial charge in [-0.1, -0.05) is 50.8 Å². The number of ether oxygens (including phenoxy) is 3. The number of methoxy groups -OCH3 is 1. The van der Waals surface area contributed by atoms with Gasteiger partial charge in [-0.2, -0.15) is 13.2 Å². The summed E-state index contributed by atoms with van der Waals surface area (Å²) >= 11 is 0. The number of hydrogen-bond acceptors (Lipinski definition) is 4. The molecule has 2 unspecified atom stereocenters. The number of benzene rings is 2. The van der Waals surface area contributed by atoms with Crippen LogP contribution in [0.3, 0.4) is 0 Å². The lowest BCUT2D eigenvalue weighted by Crippen LogP contribution is -2.33. The Morgan fingerprint density at radius 3 is 2.45 bits per heavy atom. The molecule has 2 aromatic rings. The smallest absolute Gasteiger partial charge is 0.416 e. The van der Waals surface area contributed by atoms with Crippen LogP contribution in [0, 0.1) is 5.82 Å². The molecule has 8 heteroatoms. The molecule has 0 saturated carbocycles. The van der Waals surface area contributed by atoms with Gasteiger partial charge >= 0.3 is 6.18 Å². The summed E-state index contributed by atoms with van der Waals surface area (Å²) < 4.78 is 69.1. The van der Waals surface area contributed by atoms with Crippen molar-refractivity contribution in [3.8, 4) is 11.5 Å². The third kappa shape index (κ3) is 9.08. The Balaban J connectivity index is 0.000000585. The molecule has 2 aromatic carbocycles. The van der Waals surface area contributed by atoms with E-state index < -0.39 is 17.6 Å². The molecule has 0 aromatic heterocycles. The SMILES string of the molecule is C1=CCOC=C1.CCCCCCCC1CC(NCc2ccc(C(F)(F)F)cc2F)c2ccc(OC)cc2O1. The van der Waals surface area contributed by atoms with Gasteiger partial charge in [0.05, 0.1) is 18.9 Å². The quantitative estimate of drug-likeness (QED) is 0.245. The Labute approximate surface area is 222 Å². The third-order valence-corrected chi connectivity index (χ3v) is 6.55. The van der Waals surface area contributed by atoms with Crippen LogP contribution in [-0.4, -0.2) is 19.8 Å². The molecule has 0 aliphatic carbocycles. The molecule has 2 aliphatic heterocycles. The van der Waals surface area contributed by atoms with Gasteiger partial charge < -0.3 is 19.5 Å². The van der Waals surface area contributed by atoms with Gasteiger partial charge in [-0.05, 0) is 43.2 Å². The van der Waals surface area contributed by atoms with Gasteiger partial charge in [0.1, 0.15) is 30.0 Å². The Hall–Kier alpha value is -3.00. The van der Waals surface area contributed by atoms with E-state index in [0.29, 0.717) is 11.8 Å². The van der Waals surface area contributed by atoms with E-state index in [1.54, 1.807) is 13.4 Å². The van der Waals surface area contributed by atoms with Crippen LogP contribution in [0.5, 0.6) is 11.5 Å². The van der Waals surface area contributed by atoms with Crippen LogP contribution < -0.4 is 14.8 Å². The molecule has 38 heavy (non-hydrogen) atoms. The molecule has 4 rings (SSSR count). The van der Waals surface area contributed by atoms with Gasteiger partial charge in [0.25, 0.3) is 0 Å². The maximum Gasteiger partial charge on any atom is 0.416 e. The minimum Gasteiger partial charge on any atom is -0.497 e.